The normalized spacial score (nSPS) is 30.2. The average molecular weight is 351 g/mol. The van der Waals surface area contributed by atoms with E-state index in [4.69, 9.17) is 4.74 Å². The molecule has 2 bridgehead atoms. The molecule has 2 aliphatic heterocycles. The minimum absolute atomic E-state index is 0.148. The Morgan fingerprint density at radius 1 is 1.04 bits per heavy atom. The van der Waals surface area contributed by atoms with Crippen molar-refractivity contribution in [3.8, 4) is 0 Å². The Morgan fingerprint density at radius 2 is 1.64 bits per heavy atom. The van der Waals surface area contributed by atoms with Crippen molar-refractivity contribution >= 4 is 12.0 Å². The van der Waals surface area contributed by atoms with Crippen molar-refractivity contribution in [2.75, 3.05) is 32.7 Å². The zero-order chi connectivity index (χ0) is 18.0. The predicted octanol–water partition coefficient (Wildman–Crippen LogP) is 2.23. The van der Waals surface area contributed by atoms with Gasteiger partial charge < -0.3 is 15.0 Å². The molecule has 0 aromatic heterocycles. The molecule has 6 nitrogen and oxygen atoms in total. The number of rotatable bonds is 3. The summed E-state index contributed by atoms with van der Waals surface area (Å²) in [4.78, 5) is 28.9. The van der Waals surface area contributed by atoms with Crippen molar-refractivity contribution in [2.45, 2.75) is 64.5 Å². The lowest BCUT2D eigenvalue weighted by molar-refractivity contribution is -0.124. The molecule has 2 amide bonds. The number of carbonyl (C=O) groups excluding carboxylic acids is 2. The van der Waals surface area contributed by atoms with Crippen molar-refractivity contribution in [3.05, 3.63) is 0 Å². The molecule has 0 aromatic carbocycles. The maximum atomic E-state index is 12.4. The molecule has 142 valence electrons. The van der Waals surface area contributed by atoms with Crippen LogP contribution in [0.25, 0.3) is 0 Å². The molecular weight excluding hydrogens is 318 g/mol. The number of amides is 2. The Kier molecular flexibility index (Phi) is 5.56. The van der Waals surface area contributed by atoms with Gasteiger partial charge in [-0.25, -0.2) is 4.79 Å². The molecule has 3 rings (SSSR count). The molecule has 1 N–H and O–H groups in total. The van der Waals surface area contributed by atoms with E-state index >= 15 is 0 Å². The number of hydrogen-bond donors (Lipinski definition) is 1. The second-order valence-electron chi connectivity index (χ2n) is 8.91. The topological polar surface area (TPSA) is 61.9 Å². The summed E-state index contributed by atoms with van der Waals surface area (Å²) in [5.74, 6) is 0.864. The molecule has 3 fully saturated rings. The van der Waals surface area contributed by atoms with Crippen LogP contribution in [0.1, 0.15) is 52.9 Å². The number of nitrogens with zero attached hydrogens (tertiary/aromatic N) is 2. The smallest absolute Gasteiger partial charge is 0.410 e. The van der Waals surface area contributed by atoms with E-state index in [2.05, 4.69) is 10.2 Å². The van der Waals surface area contributed by atoms with Crippen LogP contribution < -0.4 is 5.32 Å². The molecule has 1 saturated carbocycles. The summed E-state index contributed by atoms with van der Waals surface area (Å²) in [5.41, 5.74) is -0.463. The fraction of sp³-hybridized carbons (Fsp3) is 0.895. The van der Waals surface area contributed by atoms with Crippen molar-refractivity contribution in [3.63, 3.8) is 0 Å². The summed E-state index contributed by atoms with van der Waals surface area (Å²) >= 11 is 0. The minimum Gasteiger partial charge on any atom is -0.444 e. The SMILES string of the molecule is CC(C)(C)OC(=O)N1CC2CCC(C1)C2NC(=O)CN1CCCCC1. The van der Waals surface area contributed by atoms with Gasteiger partial charge in [0.2, 0.25) is 5.91 Å². The second kappa shape index (κ2) is 7.52. The zero-order valence-electron chi connectivity index (χ0n) is 15.9. The second-order valence-corrected chi connectivity index (χ2v) is 8.91. The Hall–Kier alpha value is -1.30. The number of piperidine rings is 2. The fourth-order valence-corrected chi connectivity index (χ4v) is 4.49. The number of hydrogen-bond acceptors (Lipinski definition) is 4. The average Bonchev–Trinajstić information content (AvgIpc) is 2.76. The monoisotopic (exact) mass is 351 g/mol. The van der Waals surface area contributed by atoms with E-state index in [0.717, 1.165) is 25.9 Å². The van der Waals surface area contributed by atoms with Gasteiger partial charge >= 0.3 is 6.09 Å². The van der Waals surface area contributed by atoms with Gasteiger partial charge in [0.1, 0.15) is 5.60 Å². The molecule has 0 radical (unpaired) electrons. The Morgan fingerprint density at radius 3 is 2.20 bits per heavy atom. The van der Waals surface area contributed by atoms with E-state index in [1.54, 1.807) is 0 Å². The lowest BCUT2D eigenvalue weighted by Gasteiger charge is -2.39. The van der Waals surface area contributed by atoms with Crippen LogP contribution in [0, 0.1) is 11.8 Å². The molecule has 2 unspecified atom stereocenters. The zero-order valence-corrected chi connectivity index (χ0v) is 15.9. The van der Waals surface area contributed by atoms with Crippen LogP contribution in [0.15, 0.2) is 0 Å². The van der Waals surface area contributed by atoms with Crippen molar-refractivity contribution in [1.82, 2.24) is 15.1 Å². The third-order valence-corrected chi connectivity index (χ3v) is 5.63. The highest BCUT2D eigenvalue weighted by Gasteiger charge is 2.44. The highest BCUT2D eigenvalue weighted by molar-refractivity contribution is 5.78. The van der Waals surface area contributed by atoms with Gasteiger partial charge in [-0.2, -0.15) is 0 Å². The molecular formula is C19H33N3O3. The van der Waals surface area contributed by atoms with E-state index < -0.39 is 5.60 Å². The highest BCUT2D eigenvalue weighted by atomic mass is 16.6. The van der Waals surface area contributed by atoms with Crippen LogP contribution in [0.5, 0.6) is 0 Å². The summed E-state index contributed by atoms with van der Waals surface area (Å²) in [6.07, 6.45) is 5.63. The maximum Gasteiger partial charge on any atom is 0.410 e. The van der Waals surface area contributed by atoms with Crippen molar-refractivity contribution in [1.29, 1.82) is 0 Å². The summed E-state index contributed by atoms with van der Waals surface area (Å²) < 4.78 is 5.51. The number of likely N-dealkylation sites (tertiary alicyclic amines) is 2. The van der Waals surface area contributed by atoms with Crippen LogP contribution in [0.3, 0.4) is 0 Å². The van der Waals surface area contributed by atoms with Gasteiger partial charge in [0.15, 0.2) is 0 Å². The van der Waals surface area contributed by atoms with Crippen molar-refractivity contribution < 1.29 is 14.3 Å². The molecule has 1 aliphatic carbocycles. The third-order valence-electron chi connectivity index (χ3n) is 5.63. The first-order chi connectivity index (χ1) is 11.8. The molecule has 2 atom stereocenters. The standard InChI is InChI=1S/C19H33N3O3/c1-19(2,3)25-18(24)22-11-14-7-8-15(12-22)17(14)20-16(23)13-21-9-5-4-6-10-21/h14-15,17H,4-13H2,1-3H3,(H,20,23). The summed E-state index contributed by atoms with van der Waals surface area (Å²) in [7, 11) is 0. The molecule has 2 heterocycles. The Bertz CT molecular complexity index is 483. The minimum atomic E-state index is -0.463. The van der Waals surface area contributed by atoms with E-state index in [-0.39, 0.29) is 18.0 Å². The van der Waals surface area contributed by atoms with Crippen molar-refractivity contribution in [2.24, 2.45) is 11.8 Å². The van der Waals surface area contributed by atoms with Crippen LogP contribution in [-0.2, 0) is 9.53 Å². The van der Waals surface area contributed by atoms with Gasteiger partial charge in [-0.05, 0) is 71.4 Å². The van der Waals surface area contributed by atoms with E-state index in [0.29, 0.717) is 31.5 Å². The van der Waals surface area contributed by atoms with Gasteiger partial charge in [-0.1, -0.05) is 6.42 Å². The van der Waals surface area contributed by atoms with Gasteiger partial charge in [-0.15, -0.1) is 0 Å². The third kappa shape index (κ3) is 4.87. The lowest BCUT2D eigenvalue weighted by atomic mass is 9.92. The Balaban J connectivity index is 1.50. The Labute approximate surface area is 151 Å². The summed E-state index contributed by atoms with van der Waals surface area (Å²) in [6.45, 7) is 9.67. The summed E-state index contributed by atoms with van der Waals surface area (Å²) in [6, 6.07) is 0.218. The molecule has 2 saturated heterocycles. The fourth-order valence-electron chi connectivity index (χ4n) is 4.49. The molecule has 0 spiro atoms. The quantitative estimate of drug-likeness (QED) is 0.847. The molecule has 6 heteroatoms. The van der Waals surface area contributed by atoms with Gasteiger partial charge in [0, 0.05) is 19.1 Å². The van der Waals surface area contributed by atoms with Crippen LogP contribution >= 0.6 is 0 Å². The van der Waals surface area contributed by atoms with E-state index in [1.165, 1.54) is 19.3 Å². The number of fused-ring (bicyclic) bond motifs is 2. The molecule has 25 heavy (non-hydrogen) atoms. The first kappa shape index (κ1) is 18.5. The van der Waals surface area contributed by atoms with E-state index in [1.807, 2.05) is 25.7 Å². The molecule has 0 aromatic rings. The number of nitrogens with one attached hydrogen (secondary N) is 1. The molecule has 3 aliphatic rings. The van der Waals surface area contributed by atoms with Gasteiger partial charge in [-0.3, -0.25) is 9.69 Å². The first-order valence-electron chi connectivity index (χ1n) is 9.81. The van der Waals surface area contributed by atoms with Crippen LogP contribution in [0.4, 0.5) is 4.79 Å². The van der Waals surface area contributed by atoms with E-state index in [9.17, 15) is 9.59 Å². The largest absolute Gasteiger partial charge is 0.444 e. The summed E-state index contributed by atoms with van der Waals surface area (Å²) in [5, 5.41) is 3.28. The number of ether oxygens (including phenoxy) is 1. The maximum absolute atomic E-state index is 12.4. The first-order valence-corrected chi connectivity index (χ1v) is 9.81. The van der Waals surface area contributed by atoms with Gasteiger partial charge in [0.05, 0.1) is 6.54 Å². The highest BCUT2D eigenvalue weighted by Crippen LogP contribution is 2.37. The van der Waals surface area contributed by atoms with Crippen LogP contribution in [-0.4, -0.2) is 66.2 Å². The predicted molar refractivity (Wildman–Crippen MR) is 96.2 cm³/mol. The lowest BCUT2D eigenvalue weighted by Crippen LogP contribution is -2.55. The van der Waals surface area contributed by atoms with Gasteiger partial charge in [0.25, 0.3) is 0 Å². The number of carbonyl (C=O) groups is 2. The van der Waals surface area contributed by atoms with Crippen LogP contribution in [0.2, 0.25) is 0 Å².